The SMILES string of the molecule is CC1(C)O[C@@H]2C[C@H]3[C@@H]4CCC5=CC(=O)C=C[C@]5(C)[C@@]4(F)[C@@H](O)C[C@]3(C)[C@]2(C(=O)C(O)O)O1. The monoisotopic (exact) mass is 450 g/mol. The Bertz CT molecular complexity index is 956. The lowest BCUT2D eigenvalue weighted by molar-refractivity contribution is -0.250. The third-order valence-electron chi connectivity index (χ3n) is 9.23. The van der Waals surface area contributed by atoms with Gasteiger partial charge in [0.25, 0.3) is 0 Å². The molecule has 5 rings (SSSR count). The lowest BCUT2D eigenvalue weighted by Gasteiger charge is -2.62. The van der Waals surface area contributed by atoms with Crippen LogP contribution in [0.2, 0.25) is 0 Å². The summed E-state index contributed by atoms with van der Waals surface area (Å²) in [6, 6.07) is 0. The number of ether oxygens (including phenoxy) is 2. The number of carbonyl (C=O) groups excluding carboxylic acids is 2. The van der Waals surface area contributed by atoms with E-state index in [1.165, 1.54) is 12.2 Å². The highest BCUT2D eigenvalue weighted by Crippen LogP contribution is 2.72. The standard InChI is InChI=1S/C24H31FO7/c1-20(2)31-17-10-15-14-6-5-12-9-13(26)7-8-21(12,3)23(14,25)16(27)11-22(15,4)24(17,32-20)18(28)19(29)30/h7-9,14-17,19,27,29-30H,5-6,10-11H2,1-4H3/t14-,15-,16-,17+,21-,22-,23-,24-/m0/s1. The average Bonchev–Trinajstić information content (AvgIpc) is 3.09. The number of aliphatic hydroxyl groups excluding tert-OH is 2. The first-order valence-electron chi connectivity index (χ1n) is 11.3. The van der Waals surface area contributed by atoms with Gasteiger partial charge in [0.1, 0.15) is 0 Å². The molecule has 1 aliphatic heterocycles. The molecule has 8 atom stereocenters. The molecule has 0 aromatic carbocycles. The third kappa shape index (κ3) is 2.37. The fraction of sp³-hybridized carbons (Fsp3) is 0.750. The van der Waals surface area contributed by atoms with Crippen LogP contribution in [0, 0.1) is 22.7 Å². The molecular formula is C24H31FO7. The second-order valence-corrected chi connectivity index (χ2v) is 11.1. The maximum atomic E-state index is 17.2. The van der Waals surface area contributed by atoms with Crippen molar-refractivity contribution in [3.8, 4) is 0 Å². The van der Waals surface area contributed by atoms with Crippen LogP contribution < -0.4 is 0 Å². The lowest BCUT2D eigenvalue weighted by atomic mass is 9.44. The number of fused-ring (bicyclic) bond motifs is 7. The summed E-state index contributed by atoms with van der Waals surface area (Å²) < 4.78 is 29.4. The quantitative estimate of drug-likeness (QED) is 0.549. The topological polar surface area (TPSA) is 113 Å². The second kappa shape index (κ2) is 6.36. The molecule has 0 bridgehead atoms. The first kappa shape index (κ1) is 22.3. The summed E-state index contributed by atoms with van der Waals surface area (Å²) >= 11 is 0. The summed E-state index contributed by atoms with van der Waals surface area (Å²) in [5.41, 5.74) is -5.29. The molecule has 0 aromatic rings. The van der Waals surface area contributed by atoms with Crippen LogP contribution in [0.3, 0.4) is 0 Å². The van der Waals surface area contributed by atoms with E-state index in [9.17, 15) is 24.9 Å². The Balaban J connectivity index is 1.64. The fourth-order valence-corrected chi connectivity index (χ4v) is 7.94. The number of hydrogen-bond donors (Lipinski definition) is 3. The first-order valence-corrected chi connectivity index (χ1v) is 11.3. The van der Waals surface area contributed by atoms with Crippen molar-refractivity contribution in [1.29, 1.82) is 0 Å². The van der Waals surface area contributed by atoms with Crippen molar-refractivity contribution < 1.29 is 38.8 Å². The Kier molecular flexibility index (Phi) is 4.44. The summed E-state index contributed by atoms with van der Waals surface area (Å²) in [6.07, 6.45) is 1.00. The highest BCUT2D eigenvalue weighted by Gasteiger charge is 2.80. The minimum Gasteiger partial charge on any atom is -0.390 e. The van der Waals surface area contributed by atoms with Gasteiger partial charge in [-0.1, -0.05) is 18.6 Å². The van der Waals surface area contributed by atoms with Gasteiger partial charge < -0.3 is 24.8 Å². The minimum atomic E-state index is -2.27. The van der Waals surface area contributed by atoms with Crippen LogP contribution in [0.25, 0.3) is 0 Å². The van der Waals surface area contributed by atoms with Gasteiger partial charge >= 0.3 is 0 Å². The van der Waals surface area contributed by atoms with E-state index in [4.69, 9.17) is 9.47 Å². The molecule has 0 spiro atoms. The van der Waals surface area contributed by atoms with Gasteiger partial charge in [-0.15, -0.1) is 0 Å². The number of allylic oxidation sites excluding steroid dienone is 4. The molecule has 8 heteroatoms. The van der Waals surface area contributed by atoms with Gasteiger partial charge in [-0.25, -0.2) is 4.39 Å². The van der Waals surface area contributed by atoms with Gasteiger partial charge in [0.15, 0.2) is 22.8 Å². The van der Waals surface area contributed by atoms with E-state index >= 15 is 4.39 Å². The summed E-state index contributed by atoms with van der Waals surface area (Å²) in [5.74, 6) is -3.26. The van der Waals surface area contributed by atoms with Gasteiger partial charge in [0.2, 0.25) is 12.1 Å². The zero-order valence-electron chi connectivity index (χ0n) is 18.8. The Morgan fingerprint density at radius 1 is 1.22 bits per heavy atom. The molecule has 1 saturated heterocycles. The normalized spacial score (nSPS) is 51.0. The van der Waals surface area contributed by atoms with Gasteiger partial charge in [0.05, 0.1) is 12.2 Å². The van der Waals surface area contributed by atoms with Crippen molar-refractivity contribution in [3.05, 3.63) is 23.8 Å². The molecule has 0 amide bonds. The van der Waals surface area contributed by atoms with E-state index in [1.807, 2.05) is 0 Å². The maximum Gasteiger partial charge on any atom is 0.223 e. The molecule has 7 nitrogen and oxygen atoms in total. The molecule has 176 valence electrons. The number of hydrogen-bond acceptors (Lipinski definition) is 7. The van der Waals surface area contributed by atoms with Crippen molar-refractivity contribution in [2.45, 2.75) is 88.9 Å². The zero-order chi connectivity index (χ0) is 23.5. The summed E-state index contributed by atoms with van der Waals surface area (Å²) in [5, 5.41) is 31.1. The Morgan fingerprint density at radius 3 is 2.56 bits per heavy atom. The highest BCUT2D eigenvalue weighted by atomic mass is 19.1. The summed E-state index contributed by atoms with van der Waals surface area (Å²) in [7, 11) is 0. The van der Waals surface area contributed by atoms with Crippen molar-refractivity contribution >= 4 is 11.6 Å². The predicted octanol–water partition coefficient (Wildman–Crippen LogP) is 1.74. The predicted molar refractivity (Wildman–Crippen MR) is 110 cm³/mol. The summed E-state index contributed by atoms with van der Waals surface area (Å²) in [6.45, 7) is 6.82. The van der Waals surface area contributed by atoms with Crippen molar-refractivity contribution in [2.75, 3.05) is 0 Å². The maximum absolute atomic E-state index is 17.2. The molecule has 0 aromatic heterocycles. The van der Waals surface area contributed by atoms with Crippen molar-refractivity contribution in [2.24, 2.45) is 22.7 Å². The van der Waals surface area contributed by atoms with Crippen LogP contribution in [0.5, 0.6) is 0 Å². The van der Waals surface area contributed by atoms with Gasteiger partial charge in [-0.05, 0) is 64.5 Å². The van der Waals surface area contributed by atoms with Gasteiger partial charge in [-0.3, -0.25) is 9.59 Å². The number of aliphatic hydroxyl groups is 3. The molecule has 4 fully saturated rings. The molecular weight excluding hydrogens is 419 g/mol. The molecule has 3 saturated carbocycles. The smallest absolute Gasteiger partial charge is 0.223 e. The number of ketones is 2. The Morgan fingerprint density at radius 2 is 1.91 bits per heavy atom. The lowest BCUT2D eigenvalue weighted by Crippen LogP contribution is -2.70. The van der Waals surface area contributed by atoms with Crippen LogP contribution in [0.15, 0.2) is 23.8 Å². The average molecular weight is 451 g/mol. The van der Waals surface area contributed by atoms with E-state index in [1.54, 1.807) is 33.8 Å². The molecule has 4 aliphatic carbocycles. The van der Waals surface area contributed by atoms with Crippen LogP contribution in [0.4, 0.5) is 4.39 Å². The largest absolute Gasteiger partial charge is 0.390 e. The molecule has 0 unspecified atom stereocenters. The molecule has 5 aliphatic rings. The van der Waals surface area contributed by atoms with E-state index in [-0.39, 0.29) is 12.2 Å². The number of Topliss-reactive ketones (excluding diaryl/α,β-unsaturated/α-hetero) is 1. The molecule has 3 N–H and O–H groups in total. The minimum absolute atomic E-state index is 0.107. The molecule has 0 radical (unpaired) electrons. The van der Waals surface area contributed by atoms with Gasteiger partial charge in [0, 0.05) is 16.7 Å². The molecule has 32 heavy (non-hydrogen) atoms. The van der Waals surface area contributed by atoms with Crippen molar-refractivity contribution in [3.63, 3.8) is 0 Å². The van der Waals surface area contributed by atoms with Gasteiger partial charge in [-0.2, -0.15) is 0 Å². The number of alkyl halides is 1. The van der Waals surface area contributed by atoms with E-state index in [2.05, 4.69) is 0 Å². The number of halogens is 1. The van der Waals surface area contributed by atoms with Crippen LogP contribution in [-0.2, 0) is 19.1 Å². The van der Waals surface area contributed by atoms with Crippen LogP contribution >= 0.6 is 0 Å². The highest BCUT2D eigenvalue weighted by molar-refractivity contribution is 6.01. The van der Waals surface area contributed by atoms with Crippen LogP contribution in [-0.4, -0.2) is 62.4 Å². The van der Waals surface area contributed by atoms with E-state index in [0.717, 1.165) is 0 Å². The third-order valence-corrected chi connectivity index (χ3v) is 9.23. The number of rotatable bonds is 2. The van der Waals surface area contributed by atoms with Crippen molar-refractivity contribution in [1.82, 2.24) is 0 Å². The molecule has 1 heterocycles. The van der Waals surface area contributed by atoms with E-state index in [0.29, 0.717) is 24.8 Å². The first-order chi connectivity index (χ1) is 14.7. The Hall–Kier alpha value is -1.45. The second-order valence-electron chi connectivity index (χ2n) is 11.1. The summed E-state index contributed by atoms with van der Waals surface area (Å²) in [4.78, 5) is 25.2. The van der Waals surface area contributed by atoms with Crippen LogP contribution in [0.1, 0.15) is 53.4 Å². The zero-order valence-corrected chi connectivity index (χ0v) is 18.8. The number of carbonyl (C=O) groups is 2. The Labute approximate surface area is 186 Å². The fourth-order valence-electron chi connectivity index (χ4n) is 7.94. The van der Waals surface area contributed by atoms with E-state index < -0.39 is 64.0 Å².